The van der Waals surface area contributed by atoms with E-state index in [9.17, 15) is 8.42 Å². The Morgan fingerprint density at radius 2 is 1.72 bits per heavy atom. The summed E-state index contributed by atoms with van der Waals surface area (Å²) in [5, 5.41) is 0. The fraction of sp³-hybridized carbons (Fsp3) is 0. The minimum Gasteiger partial charge on any atom is -0.282 e. The Hall–Kier alpha value is -0.950. The van der Waals surface area contributed by atoms with Crippen molar-refractivity contribution in [1.29, 1.82) is 0 Å². The van der Waals surface area contributed by atoms with Crippen molar-refractivity contribution in [2.24, 2.45) is 0 Å². The topological polar surface area (TPSA) is 54.4 Å². The van der Waals surface area contributed by atoms with E-state index in [2.05, 4.69) is 12.6 Å². The highest BCUT2D eigenvalue weighted by Crippen LogP contribution is 2.33. The smallest absolute Gasteiger partial charge is 0.282 e. The molecule has 0 atom stereocenters. The Bertz CT molecular complexity index is 652. The summed E-state index contributed by atoms with van der Waals surface area (Å²) in [7, 11) is -4.18. The van der Waals surface area contributed by atoms with E-state index in [1.54, 1.807) is 6.07 Å². The molecule has 3 nitrogen and oxygen atoms in total. The van der Waals surface area contributed by atoms with Crippen molar-refractivity contribution >= 4 is 34.5 Å². The van der Waals surface area contributed by atoms with Crippen LogP contribution in [-0.2, 0) is 10.1 Å². The lowest BCUT2D eigenvalue weighted by Gasteiger charge is -2.06. The molecule has 0 fully saturated rings. The molecule has 0 aliphatic carbocycles. The molecule has 0 radical (unpaired) electrons. The zero-order valence-corrected chi connectivity index (χ0v) is 11.7. The average Bonchev–Trinajstić information content (AvgIpc) is 2.32. The summed E-state index contributed by atoms with van der Waals surface area (Å²) in [6, 6.07) is 13.8. The number of thiol groups is 1. The number of benzene rings is 2. The molecular formula is C12H10O3S3. The minimum absolute atomic E-state index is 0.126. The van der Waals surface area contributed by atoms with Crippen LogP contribution in [0.5, 0.6) is 0 Å². The third kappa shape index (κ3) is 3.29. The van der Waals surface area contributed by atoms with Crippen molar-refractivity contribution in [1.82, 2.24) is 0 Å². The summed E-state index contributed by atoms with van der Waals surface area (Å²) in [5.74, 6) is 0. The molecule has 18 heavy (non-hydrogen) atoms. The summed E-state index contributed by atoms with van der Waals surface area (Å²) < 4.78 is 31.1. The monoisotopic (exact) mass is 298 g/mol. The van der Waals surface area contributed by atoms with Gasteiger partial charge in [-0.3, -0.25) is 4.55 Å². The zero-order chi connectivity index (χ0) is 13.2. The van der Waals surface area contributed by atoms with Gasteiger partial charge in [-0.2, -0.15) is 8.42 Å². The molecule has 2 rings (SSSR count). The number of hydrogen-bond acceptors (Lipinski definition) is 4. The Morgan fingerprint density at radius 3 is 2.33 bits per heavy atom. The maximum absolute atomic E-state index is 11.1. The Kier molecular flexibility index (Phi) is 4.01. The van der Waals surface area contributed by atoms with Crippen molar-refractivity contribution < 1.29 is 13.0 Å². The van der Waals surface area contributed by atoms with Crippen LogP contribution in [0.25, 0.3) is 0 Å². The van der Waals surface area contributed by atoms with Gasteiger partial charge in [0.1, 0.15) is 0 Å². The Labute approximate surface area is 115 Å². The van der Waals surface area contributed by atoms with Crippen molar-refractivity contribution in [2.45, 2.75) is 19.6 Å². The summed E-state index contributed by atoms with van der Waals surface area (Å²) in [4.78, 5) is 2.19. The van der Waals surface area contributed by atoms with E-state index in [4.69, 9.17) is 4.55 Å². The molecule has 1 N–H and O–H groups in total. The highest BCUT2D eigenvalue weighted by molar-refractivity contribution is 7.99. The first-order valence-electron chi connectivity index (χ1n) is 5.00. The second kappa shape index (κ2) is 5.36. The quantitative estimate of drug-likeness (QED) is 0.674. The van der Waals surface area contributed by atoms with Crippen LogP contribution in [0.2, 0.25) is 0 Å². The van der Waals surface area contributed by atoms with E-state index >= 15 is 0 Å². The minimum atomic E-state index is -4.18. The van der Waals surface area contributed by atoms with Crippen LogP contribution in [0.1, 0.15) is 0 Å². The highest BCUT2D eigenvalue weighted by Gasteiger charge is 2.12. The molecular weight excluding hydrogens is 288 g/mol. The van der Waals surface area contributed by atoms with Crippen LogP contribution >= 0.6 is 24.4 Å². The lowest BCUT2D eigenvalue weighted by atomic mass is 10.4. The molecule has 2 aromatic rings. The van der Waals surface area contributed by atoms with Gasteiger partial charge in [0.05, 0.1) is 4.90 Å². The van der Waals surface area contributed by atoms with Gasteiger partial charge in [-0.1, -0.05) is 30.0 Å². The van der Waals surface area contributed by atoms with Crippen LogP contribution in [0, 0.1) is 0 Å². The lowest BCUT2D eigenvalue weighted by molar-refractivity contribution is 0.483. The molecule has 6 heteroatoms. The second-order valence-corrected chi connectivity index (χ2v) is 6.54. The number of rotatable bonds is 3. The first-order chi connectivity index (χ1) is 8.47. The van der Waals surface area contributed by atoms with Crippen LogP contribution < -0.4 is 0 Å². The first-order valence-corrected chi connectivity index (χ1v) is 7.70. The SMILES string of the molecule is O=S(=O)(O)c1ccc(S)c(Sc2ccccc2)c1. The molecule has 0 amide bonds. The summed E-state index contributed by atoms with van der Waals surface area (Å²) in [5.41, 5.74) is 0. The zero-order valence-electron chi connectivity index (χ0n) is 9.15. The van der Waals surface area contributed by atoms with Gasteiger partial charge in [0.2, 0.25) is 0 Å². The molecule has 0 spiro atoms. The van der Waals surface area contributed by atoms with Gasteiger partial charge >= 0.3 is 0 Å². The second-order valence-electron chi connectivity index (χ2n) is 3.52. The van der Waals surface area contributed by atoms with Crippen molar-refractivity contribution in [3.63, 3.8) is 0 Å². The van der Waals surface area contributed by atoms with E-state index in [0.29, 0.717) is 9.79 Å². The maximum atomic E-state index is 11.1. The van der Waals surface area contributed by atoms with Gasteiger partial charge in [-0.25, -0.2) is 0 Å². The summed E-state index contributed by atoms with van der Waals surface area (Å²) in [6.07, 6.45) is 0. The summed E-state index contributed by atoms with van der Waals surface area (Å²) >= 11 is 5.67. The van der Waals surface area contributed by atoms with Crippen LogP contribution in [0.3, 0.4) is 0 Å². The van der Waals surface area contributed by atoms with Crippen molar-refractivity contribution in [2.75, 3.05) is 0 Å². The van der Waals surface area contributed by atoms with Crippen molar-refractivity contribution in [3.8, 4) is 0 Å². The molecule has 0 bridgehead atoms. The normalized spacial score (nSPS) is 11.4. The van der Waals surface area contributed by atoms with E-state index < -0.39 is 10.1 Å². The third-order valence-electron chi connectivity index (χ3n) is 2.20. The number of hydrogen-bond donors (Lipinski definition) is 2. The molecule has 0 aromatic heterocycles. The molecule has 94 valence electrons. The molecule has 0 saturated carbocycles. The van der Waals surface area contributed by atoms with E-state index in [1.165, 1.54) is 23.9 Å². The molecule has 0 saturated heterocycles. The van der Waals surface area contributed by atoms with E-state index in [-0.39, 0.29) is 4.90 Å². The van der Waals surface area contributed by atoms with Gasteiger partial charge < -0.3 is 0 Å². The average molecular weight is 298 g/mol. The van der Waals surface area contributed by atoms with Gasteiger partial charge in [-0.05, 0) is 30.3 Å². The maximum Gasteiger partial charge on any atom is 0.294 e. The fourth-order valence-corrected chi connectivity index (χ4v) is 3.12. The molecule has 0 unspecified atom stereocenters. The third-order valence-corrected chi connectivity index (χ3v) is 4.66. The fourth-order valence-electron chi connectivity index (χ4n) is 1.35. The Balaban J connectivity index is 2.39. The van der Waals surface area contributed by atoms with Crippen LogP contribution in [0.4, 0.5) is 0 Å². The lowest BCUT2D eigenvalue weighted by Crippen LogP contribution is -1.98. The highest BCUT2D eigenvalue weighted by atomic mass is 32.2. The standard InChI is InChI=1S/C12H10O3S3/c13-18(14,15)10-6-7-11(16)12(8-10)17-9-4-2-1-3-5-9/h1-8,16H,(H,13,14,15). The van der Waals surface area contributed by atoms with E-state index in [0.717, 1.165) is 4.90 Å². The molecule has 0 heterocycles. The van der Waals surface area contributed by atoms with Gasteiger partial charge in [-0.15, -0.1) is 12.6 Å². The first kappa shape index (κ1) is 13.5. The van der Waals surface area contributed by atoms with E-state index in [1.807, 2.05) is 30.3 Å². The molecule has 0 aliphatic heterocycles. The van der Waals surface area contributed by atoms with Gasteiger partial charge in [0.25, 0.3) is 10.1 Å². The molecule has 2 aromatic carbocycles. The molecule has 0 aliphatic rings. The van der Waals surface area contributed by atoms with Gasteiger partial charge in [0, 0.05) is 14.7 Å². The summed E-state index contributed by atoms with van der Waals surface area (Å²) in [6.45, 7) is 0. The van der Waals surface area contributed by atoms with Crippen molar-refractivity contribution in [3.05, 3.63) is 48.5 Å². The Morgan fingerprint density at radius 1 is 1.06 bits per heavy atom. The predicted octanol–water partition coefficient (Wildman–Crippen LogP) is 3.37. The largest absolute Gasteiger partial charge is 0.294 e. The van der Waals surface area contributed by atoms with Gasteiger partial charge in [0.15, 0.2) is 0 Å². The predicted molar refractivity (Wildman–Crippen MR) is 74.1 cm³/mol. The van der Waals surface area contributed by atoms with Crippen LogP contribution in [-0.4, -0.2) is 13.0 Å². The van der Waals surface area contributed by atoms with Crippen LogP contribution in [0.15, 0.2) is 68.1 Å².